The number of nitrogens with two attached hydrogens (primary N) is 1. The van der Waals surface area contributed by atoms with Crippen molar-refractivity contribution in [3.05, 3.63) is 99.6 Å². The van der Waals surface area contributed by atoms with Crippen LogP contribution in [0.3, 0.4) is 0 Å². The molecule has 0 aliphatic heterocycles. The van der Waals surface area contributed by atoms with Crippen LogP contribution in [0.15, 0.2) is 82.6 Å². The SMILES string of the molecule is Cc1ccc(S(=O)(=O)c2c(Nc3ccc(F)cc3)sc(C(=O)c3ccc(Cl)cc3)c2N)cc1. The maximum atomic E-state index is 13.5. The number of carbonyl (C=O) groups is 1. The van der Waals surface area contributed by atoms with Crippen molar-refractivity contribution >= 4 is 54.9 Å². The number of benzene rings is 3. The van der Waals surface area contributed by atoms with Gasteiger partial charge in [-0.2, -0.15) is 0 Å². The number of anilines is 3. The van der Waals surface area contributed by atoms with E-state index in [0.717, 1.165) is 16.9 Å². The van der Waals surface area contributed by atoms with Gasteiger partial charge in [-0.15, -0.1) is 11.3 Å². The van der Waals surface area contributed by atoms with Gasteiger partial charge in [-0.1, -0.05) is 29.3 Å². The smallest absolute Gasteiger partial charge is 0.211 e. The molecule has 0 saturated carbocycles. The van der Waals surface area contributed by atoms with E-state index in [2.05, 4.69) is 5.32 Å². The van der Waals surface area contributed by atoms with Gasteiger partial charge in [0.1, 0.15) is 20.6 Å². The van der Waals surface area contributed by atoms with E-state index in [9.17, 15) is 17.6 Å². The van der Waals surface area contributed by atoms with Crippen molar-refractivity contribution in [3.8, 4) is 0 Å². The zero-order chi connectivity index (χ0) is 23.8. The molecular weight excluding hydrogens is 483 g/mol. The van der Waals surface area contributed by atoms with Gasteiger partial charge in [-0.3, -0.25) is 4.79 Å². The van der Waals surface area contributed by atoms with Crippen LogP contribution in [-0.4, -0.2) is 14.2 Å². The first-order valence-corrected chi connectivity index (χ1v) is 12.4. The lowest BCUT2D eigenvalue weighted by Crippen LogP contribution is -2.08. The topological polar surface area (TPSA) is 89.3 Å². The predicted octanol–water partition coefficient (Wildman–Crippen LogP) is 6.24. The third-order valence-electron chi connectivity index (χ3n) is 4.91. The molecule has 168 valence electrons. The van der Waals surface area contributed by atoms with Gasteiger partial charge in [-0.05, 0) is 67.6 Å². The second-order valence-corrected chi connectivity index (χ2v) is 10.6. The van der Waals surface area contributed by atoms with Crippen LogP contribution in [-0.2, 0) is 9.84 Å². The summed E-state index contributed by atoms with van der Waals surface area (Å²) < 4.78 is 40.4. The van der Waals surface area contributed by atoms with Crippen molar-refractivity contribution in [2.75, 3.05) is 11.1 Å². The Morgan fingerprint density at radius 3 is 2.18 bits per heavy atom. The number of hydrogen-bond acceptors (Lipinski definition) is 6. The molecule has 0 fully saturated rings. The number of aryl methyl sites for hydroxylation is 1. The van der Waals surface area contributed by atoms with Crippen molar-refractivity contribution in [2.24, 2.45) is 0 Å². The van der Waals surface area contributed by atoms with Crippen molar-refractivity contribution in [1.29, 1.82) is 0 Å². The monoisotopic (exact) mass is 500 g/mol. The molecule has 0 aliphatic rings. The van der Waals surface area contributed by atoms with Crippen molar-refractivity contribution in [3.63, 3.8) is 0 Å². The molecule has 0 radical (unpaired) electrons. The number of nitrogen functional groups attached to an aromatic ring is 1. The molecule has 0 aliphatic carbocycles. The van der Waals surface area contributed by atoms with Gasteiger partial charge in [0.2, 0.25) is 15.6 Å². The Balaban J connectivity index is 1.87. The van der Waals surface area contributed by atoms with E-state index in [1.165, 1.54) is 36.4 Å². The number of carbonyl (C=O) groups excluding carboxylic acids is 1. The van der Waals surface area contributed by atoms with E-state index in [-0.39, 0.29) is 25.4 Å². The molecule has 0 saturated heterocycles. The van der Waals surface area contributed by atoms with Gasteiger partial charge in [-0.25, -0.2) is 12.8 Å². The minimum absolute atomic E-state index is 0.0465. The predicted molar refractivity (Wildman–Crippen MR) is 130 cm³/mol. The van der Waals surface area contributed by atoms with Crippen LogP contribution in [0.25, 0.3) is 0 Å². The average Bonchev–Trinajstić information content (AvgIpc) is 3.12. The maximum Gasteiger partial charge on any atom is 0.211 e. The van der Waals surface area contributed by atoms with Crippen molar-refractivity contribution in [2.45, 2.75) is 16.7 Å². The largest absolute Gasteiger partial charge is 0.396 e. The van der Waals surface area contributed by atoms with Gasteiger partial charge in [0.05, 0.1) is 10.6 Å². The van der Waals surface area contributed by atoms with E-state index < -0.39 is 21.4 Å². The Kier molecular flexibility index (Phi) is 6.25. The summed E-state index contributed by atoms with van der Waals surface area (Å²) in [6.45, 7) is 1.85. The van der Waals surface area contributed by atoms with Crippen LogP contribution >= 0.6 is 22.9 Å². The first-order valence-electron chi connectivity index (χ1n) is 9.73. The summed E-state index contributed by atoms with van der Waals surface area (Å²) in [5.41, 5.74) is 7.81. The van der Waals surface area contributed by atoms with E-state index >= 15 is 0 Å². The summed E-state index contributed by atoms with van der Waals surface area (Å²) >= 11 is 6.84. The Bertz CT molecular complexity index is 1430. The van der Waals surface area contributed by atoms with Crippen LogP contribution in [0.4, 0.5) is 20.8 Å². The van der Waals surface area contributed by atoms with Gasteiger partial charge >= 0.3 is 0 Å². The number of rotatable bonds is 6. The summed E-state index contributed by atoms with van der Waals surface area (Å²) in [4.78, 5) is 13.1. The molecule has 0 amide bonds. The molecule has 5 nitrogen and oxygen atoms in total. The highest BCUT2D eigenvalue weighted by atomic mass is 35.5. The second kappa shape index (κ2) is 8.97. The summed E-state index contributed by atoms with van der Waals surface area (Å²) in [5, 5.41) is 3.61. The highest BCUT2D eigenvalue weighted by molar-refractivity contribution is 7.92. The van der Waals surface area contributed by atoms with Crippen LogP contribution in [0.5, 0.6) is 0 Å². The second-order valence-electron chi connectivity index (χ2n) is 7.29. The van der Waals surface area contributed by atoms with Gasteiger partial charge in [0.15, 0.2) is 0 Å². The first-order chi connectivity index (χ1) is 15.7. The molecule has 1 aromatic heterocycles. The summed E-state index contributed by atoms with van der Waals surface area (Å²) in [6.07, 6.45) is 0. The number of sulfone groups is 1. The van der Waals surface area contributed by atoms with Crippen LogP contribution in [0.2, 0.25) is 5.02 Å². The molecule has 0 unspecified atom stereocenters. The molecule has 0 bridgehead atoms. The maximum absolute atomic E-state index is 13.5. The molecular formula is C24H18ClFN2O3S2. The van der Waals surface area contributed by atoms with Gasteiger partial charge < -0.3 is 11.1 Å². The summed E-state index contributed by atoms with van der Waals surface area (Å²) in [5.74, 6) is -0.862. The van der Waals surface area contributed by atoms with E-state index in [0.29, 0.717) is 16.3 Å². The normalized spacial score (nSPS) is 11.4. The van der Waals surface area contributed by atoms with E-state index in [1.54, 1.807) is 36.4 Å². The lowest BCUT2D eigenvalue weighted by atomic mass is 10.1. The Hall–Kier alpha value is -3.20. The van der Waals surface area contributed by atoms with E-state index in [1.807, 2.05) is 6.92 Å². The third kappa shape index (κ3) is 4.64. The summed E-state index contributed by atoms with van der Waals surface area (Å²) in [6, 6.07) is 18.0. The van der Waals surface area contributed by atoms with Crippen molar-refractivity contribution in [1.82, 2.24) is 0 Å². The fourth-order valence-corrected chi connectivity index (χ4v) is 6.24. The zero-order valence-electron chi connectivity index (χ0n) is 17.3. The number of thiophene rings is 1. The fraction of sp³-hybridized carbons (Fsp3) is 0.0417. The van der Waals surface area contributed by atoms with Crippen LogP contribution in [0.1, 0.15) is 20.8 Å². The quantitative estimate of drug-likeness (QED) is 0.306. The molecule has 4 rings (SSSR count). The van der Waals surface area contributed by atoms with Gasteiger partial charge in [0, 0.05) is 16.3 Å². The molecule has 0 atom stereocenters. The Labute approximate surface area is 199 Å². The molecule has 9 heteroatoms. The third-order valence-corrected chi connectivity index (χ3v) is 8.27. The molecule has 33 heavy (non-hydrogen) atoms. The van der Waals surface area contributed by atoms with Crippen molar-refractivity contribution < 1.29 is 17.6 Å². The van der Waals surface area contributed by atoms with Crippen LogP contribution < -0.4 is 11.1 Å². The highest BCUT2D eigenvalue weighted by Crippen LogP contribution is 2.44. The minimum atomic E-state index is -4.07. The standard InChI is InChI=1S/C24H18ClFN2O3S2/c1-14-2-12-19(13-3-14)33(30,31)23-20(27)22(21(29)15-4-6-16(25)7-5-15)32-24(23)28-18-10-8-17(26)9-11-18/h2-13,28H,27H2,1H3. The lowest BCUT2D eigenvalue weighted by molar-refractivity contribution is 0.104. The first kappa shape index (κ1) is 23.0. The Morgan fingerprint density at radius 1 is 0.970 bits per heavy atom. The molecule has 0 spiro atoms. The highest BCUT2D eigenvalue weighted by Gasteiger charge is 2.31. The lowest BCUT2D eigenvalue weighted by Gasteiger charge is -2.10. The van der Waals surface area contributed by atoms with Gasteiger partial charge in [0.25, 0.3) is 0 Å². The summed E-state index contributed by atoms with van der Waals surface area (Å²) in [7, 11) is -4.07. The molecule has 4 aromatic rings. The fourth-order valence-electron chi connectivity index (χ4n) is 3.18. The molecule has 3 N–H and O–H groups in total. The number of nitrogens with one attached hydrogen (secondary N) is 1. The number of halogens is 2. The number of ketones is 1. The average molecular weight is 501 g/mol. The molecule has 3 aromatic carbocycles. The Morgan fingerprint density at radius 2 is 1.58 bits per heavy atom. The van der Waals surface area contributed by atoms with E-state index in [4.69, 9.17) is 17.3 Å². The zero-order valence-corrected chi connectivity index (χ0v) is 19.7. The van der Waals surface area contributed by atoms with Crippen LogP contribution in [0, 0.1) is 12.7 Å². The minimum Gasteiger partial charge on any atom is -0.396 e. The number of hydrogen-bond donors (Lipinski definition) is 2. The molecule has 1 heterocycles.